The number of nitrogens with one attached hydrogen (secondary N) is 1. The molecule has 3 rings (SSSR count). The molecule has 0 saturated carbocycles. The second-order valence-corrected chi connectivity index (χ2v) is 5.31. The summed E-state index contributed by atoms with van der Waals surface area (Å²) >= 11 is 0. The molecule has 1 N–H and O–H groups in total. The van der Waals surface area contributed by atoms with Crippen LogP contribution in [0.25, 0.3) is 10.9 Å². The minimum atomic E-state index is 0.356. The maximum atomic E-state index is 5.71. The van der Waals surface area contributed by atoms with Crippen molar-refractivity contribution in [3.05, 3.63) is 30.0 Å². The largest absolute Gasteiger partial charge is 0.377 e. The predicted octanol–water partition coefficient (Wildman–Crippen LogP) is 2.23. The highest BCUT2D eigenvalue weighted by Gasteiger charge is 2.22. The first-order chi connectivity index (χ1) is 9.25. The van der Waals surface area contributed by atoms with Gasteiger partial charge in [0.05, 0.1) is 17.3 Å². The van der Waals surface area contributed by atoms with Crippen molar-refractivity contribution in [1.29, 1.82) is 0 Å². The number of benzene rings is 1. The Kier molecular flexibility index (Phi) is 3.53. The second kappa shape index (κ2) is 5.31. The number of aryl methyl sites for hydroxylation is 1. The van der Waals surface area contributed by atoms with Crippen molar-refractivity contribution >= 4 is 10.9 Å². The second-order valence-electron chi connectivity index (χ2n) is 5.31. The predicted molar refractivity (Wildman–Crippen MR) is 76.0 cm³/mol. The van der Waals surface area contributed by atoms with E-state index in [4.69, 9.17) is 4.74 Å². The van der Waals surface area contributed by atoms with Crippen LogP contribution in [0, 0.1) is 0 Å². The van der Waals surface area contributed by atoms with Gasteiger partial charge in [-0.05, 0) is 25.8 Å². The minimum absolute atomic E-state index is 0.356. The highest BCUT2D eigenvalue weighted by molar-refractivity contribution is 5.81. The molecule has 2 heterocycles. The monoisotopic (exact) mass is 259 g/mol. The number of ether oxygens (including phenoxy) is 1. The van der Waals surface area contributed by atoms with Crippen LogP contribution in [-0.2, 0) is 18.3 Å². The normalized spacial score (nSPS) is 21.1. The number of aromatic nitrogens is 2. The molecule has 2 unspecified atom stereocenters. The quantitative estimate of drug-likeness (QED) is 0.915. The Balaban J connectivity index is 1.71. The summed E-state index contributed by atoms with van der Waals surface area (Å²) in [4.78, 5) is 0. The first-order valence-corrected chi connectivity index (χ1v) is 7.01. The first kappa shape index (κ1) is 12.6. The summed E-state index contributed by atoms with van der Waals surface area (Å²) in [6, 6.07) is 8.74. The van der Waals surface area contributed by atoms with Crippen LogP contribution in [0.15, 0.2) is 24.3 Å². The third kappa shape index (κ3) is 2.51. The molecule has 102 valence electrons. The van der Waals surface area contributed by atoms with Gasteiger partial charge in [-0.3, -0.25) is 4.68 Å². The Bertz CT molecular complexity index is 558. The first-order valence-electron chi connectivity index (χ1n) is 7.01. The maximum Gasteiger partial charge on any atom is 0.0841 e. The molecule has 0 radical (unpaired) electrons. The van der Waals surface area contributed by atoms with Crippen LogP contribution < -0.4 is 5.32 Å². The highest BCUT2D eigenvalue weighted by atomic mass is 16.5. The van der Waals surface area contributed by atoms with Gasteiger partial charge >= 0.3 is 0 Å². The molecule has 4 heteroatoms. The summed E-state index contributed by atoms with van der Waals surface area (Å²) in [6.45, 7) is 3.90. The van der Waals surface area contributed by atoms with Gasteiger partial charge in [0.25, 0.3) is 0 Å². The molecule has 19 heavy (non-hydrogen) atoms. The molecule has 4 nitrogen and oxygen atoms in total. The average Bonchev–Trinajstić information content (AvgIpc) is 3.06. The summed E-state index contributed by atoms with van der Waals surface area (Å²) in [5.41, 5.74) is 2.30. The number of para-hydroxylation sites is 1. The van der Waals surface area contributed by atoms with E-state index in [9.17, 15) is 0 Å². The van der Waals surface area contributed by atoms with Crippen LogP contribution in [0.1, 0.15) is 25.5 Å². The van der Waals surface area contributed by atoms with Gasteiger partial charge in [0.15, 0.2) is 0 Å². The lowest BCUT2D eigenvalue weighted by Gasteiger charge is -2.19. The summed E-state index contributed by atoms with van der Waals surface area (Å²) < 4.78 is 7.66. The Morgan fingerprint density at radius 1 is 1.47 bits per heavy atom. The van der Waals surface area contributed by atoms with E-state index in [1.54, 1.807) is 0 Å². The van der Waals surface area contributed by atoms with E-state index in [-0.39, 0.29) is 0 Å². The van der Waals surface area contributed by atoms with E-state index in [2.05, 4.69) is 41.6 Å². The molecule has 0 bridgehead atoms. The molecule has 1 saturated heterocycles. The van der Waals surface area contributed by atoms with E-state index in [0.717, 1.165) is 25.3 Å². The van der Waals surface area contributed by atoms with E-state index >= 15 is 0 Å². The lowest BCUT2D eigenvalue weighted by atomic mass is 10.1. The van der Waals surface area contributed by atoms with Crippen LogP contribution in [0.5, 0.6) is 0 Å². The van der Waals surface area contributed by atoms with Gasteiger partial charge in [-0.1, -0.05) is 18.2 Å². The topological polar surface area (TPSA) is 39.1 Å². The number of nitrogens with zero attached hydrogens (tertiary/aromatic N) is 2. The Morgan fingerprint density at radius 3 is 3.11 bits per heavy atom. The number of fused-ring (bicyclic) bond motifs is 1. The summed E-state index contributed by atoms with van der Waals surface area (Å²) in [6.07, 6.45) is 2.70. The minimum Gasteiger partial charge on any atom is -0.377 e. The molecular formula is C15H21N3O. The molecule has 1 aromatic heterocycles. The van der Waals surface area contributed by atoms with Gasteiger partial charge in [0, 0.05) is 31.6 Å². The number of hydrogen-bond donors (Lipinski definition) is 1. The van der Waals surface area contributed by atoms with Gasteiger partial charge in [0.1, 0.15) is 0 Å². The number of hydrogen-bond acceptors (Lipinski definition) is 3. The van der Waals surface area contributed by atoms with Gasteiger partial charge < -0.3 is 10.1 Å². The van der Waals surface area contributed by atoms with Crippen LogP contribution in [0.4, 0.5) is 0 Å². The summed E-state index contributed by atoms with van der Waals surface area (Å²) in [7, 11) is 2.00. The third-order valence-corrected chi connectivity index (χ3v) is 3.95. The van der Waals surface area contributed by atoms with Gasteiger partial charge in [0.2, 0.25) is 0 Å². The van der Waals surface area contributed by atoms with E-state index < -0.39 is 0 Å². The summed E-state index contributed by atoms with van der Waals surface area (Å²) in [5.74, 6) is 0. The fourth-order valence-electron chi connectivity index (χ4n) is 2.81. The van der Waals surface area contributed by atoms with Crippen molar-refractivity contribution < 1.29 is 4.74 Å². The van der Waals surface area contributed by atoms with Crippen molar-refractivity contribution in [2.24, 2.45) is 7.05 Å². The van der Waals surface area contributed by atoms with E-state index in [1.165, 1.54) is 17.3 Å². The molecule has 1 aliphatic rings. The molecule has 0 amide bonds. The summed E-state index contributed by atoms with van der Waals surface area (Å²) in [5, 5.41) is 9.38. The molecule has 2 aromatic rings. The molecule has 0 spiro atoms. The van der Waals surface area contributed by atoms with Crippen molar-refractivity contribution in [2.75, 3.05) is 6.61 Å². The lowest BCUT2D eigenvalue weighted by molar-refractivity contribution is 0.0831. The van der Waals surface area contributed by atoms with Crippen molar-refractivity contribution in [3.8, 4) is 0 Å². The number of rotatable bonds is 4. The lowest BCUT2D eigenvalue weighted by Crippen LogP contribution is -2.36. The zero-order valence-electron chi connectivity index (χ0n) is 11.6. The SMILES string of the molecule is CC(NCc1nn(C)c2ccccc12)C1CCCO1. The van der Waals surface area contributed by atoms with Gasteiger partial charge in [-0.2, -0.15) is 5.10 Å². The standard InChI is InChI=1S/C15H21N3O/c1-11(15-8-5-9-19-15)16-10-13-12-6-3-4-7-14(12)18(2)17-13/h3-4,6-7,11,15-16H,5,8-10H2,1-2H3. The maximum absolute atomic E-state index is 5.71. The van der Waals surface area contributed by atoms with Gasteiger partial charge in [-0.15, -0.1) is 0 Å². The Labute approximate surface area is 113 Å². The zero-order chi connectivity index (χ0) is 13.2. The van der Waals surface area contributed by atoms with Crippen molar-refractivity contribution in [2.45, 2.75) is 38.5 Å². The van der Waals surface area contributed by atoms with E-state index in [1.807, 2.05) is 11.7 Å². The fourth-order valence-corrected chi connectivity index (χ4v) is 2.81. The van der Waals surface area contributed by atoms with Crippen LogP contribution in [-0.4, -0.2) is 28.5 Å². The molecule has 1 aromatic carbocycles. The molecule has 0 aliphatic carbocycles. The Hall–Kier alpha value is -1.39. The molecule has 1 aliphatic heterocycles. The van der Waals surface area contributed by atoms with Crippen LogP contribution >= 0.6 is 0 Å². The smallest absolute Gasteiger partial charge is 0.0841 e. The molecule has 2 atom stereocenters. The highest BCUT2D eigenvalue weighted by Crippen LogP contribution is 2.19. The third-order valence-electron chi connectivity index (χ3n) is 3.95. The molecular weight excluding hydrogens is 238 g/mol. The van der Waals surface area contributed by atoms with Crippen molar-refractivity contribution in [1.82, 2.24) is 15.1 Å². The Morgan fingerprint density at radius 2 is 2.32 bits per heavy atom. The van der Waals surface area contributed by atoms with Crippen LogP contribution in [0.2, 0.25) is 0 Å². The molecule has 1 fully saturated rings. The average molecular weight is 259 g/mol. The van der Waals surface area contributed by atoms with Gasteiger partial charge in [-0.25, -0.2) is 0 Å². The zero-order valence-corrected chi connectivity index (χ0v) is 11.6. The van der Waals surface area contributed by atoms with Crippen molar-refractivity contribution in [3.63, 3.8) is 0 Å². The van der Waals surface area contributed by atoms with Crippen LogP contribution in [0.3, 0.4) is 0 Å². The fraction of sp³-hybridized carbons (Fsp3) is 0.533. The van der Waals surface area contributed by atoms with E-state index in [0.29, 0.717) is 12.1 Å².